The second-order valence-corrected chi connectivity index (χ2v) is 7.41. The molecule has 5 heteroatoms. The van der Waals surface area contributed by atoms with Crippen LogP contribution in [0.25, 0.3) is 11.1 Å². The smallest absolute Gasteiger partial charge is 0.321 e. The normalized spacial score (nSPS) is 15.4. The second kappa shape index (κ2) is 7.09. The van der Waals surface area contributed by atoms with Crippen molar-refractivity contribution in [3.05, 3.63) is 89.5 Å². The lowest BCUT2D eigenvalue weighted by atomic mass is 9.97. The molecule has 0 atom stereocenters. The monoisotopic (exact) mass is 383 g/mol. The van der Waals surface area contributed by atoms with Crippen LogP contribution < -0.4 is 10.2 Å². The van der Waals surface area contributed by atoms with Gasteiger partial charge in [-0.15, -0.1) is 0 Å². The lowest BCUT2D eigenvalue weighted by Crippen LogP contribution is -2.30. The lowest BCUT2D eigenvalue weighted by Gasteiger charge is -2.22. The van der Waals surface area contributed by atoms with Crippen molar-refractivity contribution in [1.82, 2.24) is 10.2 Å². The standard InChI is InChI=1S/C24H21N3O2/c28-23(17-9-11-20(12-10-17)27-14-13-25-24(27)29)26-15-18-5-1-3-7-21(18)22-8-4-2-6-19(22)16-26/h1-12H,13-16H2,(H,25,29). The first-order valence-corrected chi connectivity index (χ1v) is 9.81. The van der Waals surface area contributed by atoms with E-state index in [1.807, 2.05) is 53.4 Å². The number of carbonyl (C=O) groups is 2. The summed E-state index contributed by atoms with van der Waals surface area (Å²) in [4.78, 5) is 28.7. The lowest BCUT2D eigenvalue weighted by molar-refractivity contribution is 0.0732. The summed E-state index contributed by atoms with van der Waals surface area (Å²) in [7, 11) is 0. The zero-order valence-electron chi connectivity index (χ0n) is 16.0. The molecule has 3 aromatic carbocycles. The highest BCUT2D eigenvalue weighted by Crippen LogP contribution is 2.33. The Bertz CT molecular complexity index is 1040. The molecule has 0 bridgehead atoms. The molecule has 0 aliphatic carbocycles. The highest BCUT2D eigenvalue weighted by Gasteiger charge is 2.24. The van der Waals surface area contributed by atoms with Gasteiger partial charge >= 0.3 is 6.03 Å². The highest BCUT2D eigenvalue weighted by molar-refractivity contribution is 5.97. The molecule has 5 nitrogen and oxygen atoms in total. The van der Waals surface area contributed by atoms with Gasteiger partial charge in [-0.1, -0.05) is 48.5 Å². The van der Waals surface area contributed by atoms with Gasteiger partial charge < -0.3 is 10.2 Å². The average molecular weight is 383 g/mol. The van der Waals surface area contributed by atoms with E-state index in [1.54, 1.807) is 4.90 Å². The first-order valence-electron chi connectivity index (χ1n) is 9.81. The van der Waals surface area contributed by atoms with Crippen LogP contribution in [0.1, 0.15) is 21.5 Å². The van der Waals surface area contributed by atoms with Crippen LogP contribution in [0.2, 0.25) is 0 Å². The summed E-state index contributed by atoms with van der Waals surface area (Å²) in [6.45, 7) is 2.43. The minimum Gasteiger partial charge on any atom is -0.336 e. The number of anilines is 1. The van der Waals surface area contributed by atoms with E-state index in [-0.39, 0.29) is 11.9 Å². The van der Waals surface area contributed by atoms with E-state index in [0.717, 1.165) is 16.8 Å². The predicted octanol–water partition coefficient (Wildman–Crippen LogP) is 4.04. The van der Waals surface area contributed by atoms with E-state index in [0.29, 0.717) is 31.7 Å². The maximum absolute atomic E-state index is 13.3. The number of carbonyl (C=O) groups excluding carboxylic acids is 2. The molecular formula is C24H21N3O2. The summed E-state index contributed by atoms with van der Waals surface area (Å²) in [5.41, 5.74) is 6.11. The fraction of sp³-hybridized carbons (Fsp3) is 0.167. The largest absolute Gasteiger partial charge is 0.336 e. The van der Waals surface area contributed by atoms with Gasteiger partial charge in [-0.2, -0.15) is 0 Å². The molecule has 1 N–H and O–H groups in total. The molecule has 0 radical (unpaired) electrons. The molecule has 0 saturated carbocycles. The Labute approximate surface area is 169 Å². The van der Waals surface area contributed by atoms with E-state index in [9.17, 15) is 9.59 Å². The van der Waals surface area contributed by atoms with Gasteiger partial charge in [0.05, 0.1) is 0 Å². The van der Waals surface area contributed by atoms with E-state index in [2.05, 4.69) is 29.6 Å². The zero-order valence-corrected chi connectivity index (χ0v) is 16.0. The Kier molecular flexibility index (Phi) is 4.28. The molecule has 29 heavy (non-hydrogen) atoms. The fourth-order valence-electron chi connectivity index (χ4n) is 4.14. The van der Waals surface area contributed by atoms with Crippen LogP contribution in [0.4, 0.5) is 10.5 Å². The van der Waals surface area contributed by atoms with Gasteiger partial charge in [0.2, 0.25) is 0 Å². The summed E-state index contributed by atoms with van der Waals surface area (Å²) in [6.07, 6.45) is 0. The third kappa shape index (κ3) is 3.14. The minimum atomic E-state index is -0.0928. The van der Waals surface area contributed by atoms with E-state index in [1.165, 1.54) is 11.1 Å². The number of benzene rings is 3. The van der Waals surface area contributed by atoms with Crippen LogP contribution in [0.5, 0.6) is 0 Å². The molecule has 144 valence electrons. The van der Waals surface area contributed by atoms with Crippen molar-refractivity contribution in [2.45, 2.75) is 13.1 Å². The molecule has 2 aliphatic rings. The van der Waals surface area contributed by atoms with Crippen molar-refractivity contribution < 1.29 is 9.59 Å². The number of nitrogens with one attached hydrogen (secondary N) is 1. The van der Waals surface area contributed by atoms with Crippen molar-refractivity contribution in [2.75, 3.05) is 18.0 Å². The molecule has 2 aliphatic heterocycles. The van der Waals surface area contributed by atoms with Gasteiger partial charge in [0.25, 0.3) is 5.91 Å². The van der Waals surface area contributed by atoms with Gasteiger partial charge in [-0.25, -0.2) is 4.79 Å². The number of amides is 3. The van der Waals surface area contributed by atoms with Crippen LogP contribution in [0, 0.1) is 0 Å². The summed E-state index contributed by atoms with van der Waals surface area (Å²) in [5.74, 6) is -0.00562. The topological polar surface area (TPSA) is 52.7 Å². The number of hydrogen-bond donors (Lipinski definition) is 1. The Morgan fingerprint density at radius 2 is 1.38 bits per heavy atom. The van der Waals surface area contributed by atoms with E-state index < -0.39 is 0 Å². The number of nitrogens with zero attached hydrogens (tertiary/aromatic N) is 2. The van der Waals surface area contributed by atoms with Gasteiger partial charge in [0, 0.05) is 37.4 Å². The van der Waals surface area contributed by atoms with Crippen molar-refractivity contribution in [1.29, 1.82) is 0 Å². The summed E-state index contributed by atoms with van der Waals surface area (Å²) in [5, 5.41) is 2.79. The third-order valence-electron chi connectivity index (χ3n) is 5.62. The maximum Gasteiger partial charge on any atom is 0.321 e. The first kappa shape index (κ1) is 17.5. The van der Waals surface area contributed by atoms with Crippen LogP contribution in [0.3, 0.4) is 0 Å². The zero-order chi connectivity index (χ0) is 19.8. The van der Waals surface area contributed by atoms with Crippen LogP contribution >= 0.6 is 0 Å². The Morgan fingerprint density at radius 3 is 1.93 bits per heavy atom. The third-order valence-corrected chi connectivity index (χ3v) is 5.62. The fourth-order valence-corrected chi connectivity index (χ4v) is 4.14. The number of fused-ring (bicyclic) bond motifs is 3. The van der Waals surface area contributed by atoms with Gasteiger partial charge in [-0.05, 0) is 46.5 Å². The van der Waals surface area contributed by atoms with Crippen LogP contribution in [-0.2, 0) is 13.1 Å². The van der Waals surface area contributed by atoms with E-state index in [4.69, 9.17) is 0 Å². The average Bonchev–Trinajstić information content (AvgIpc) is 3.11. The predicted molar refractivity (Wildman–Crippen MR) is 113 cm³/mol. The Morgan fingerprint density at radius 1 is 0.793 bits per heavy atom. The number of rotatable bonds is 2. The number of hydrogen-bond acceptors (Lipinski definition) is 2. The van der Waals surface area contributed by atoms with E-state index >= 15 is 0 Å². The molecule has 1 fully saturated rings. The van der Waals surface area contributed by atoms with Crippen LogP contribution in [0.15, 0.2) is 72.8 Å². The minimum absolute atomic E-state index is 0.00562. The molecule has 3 aromatic rings. The summed E-state index contributed by atoms with van der Waals surface area (Å²) in [6, 6.07) is 23.8. The second-order valence-electron chi connectivity index (χ2n) is 7.41. The maximum atomic E-state index is 13.3. The molecule has 5 rings (SSSR count). The molecular weight excluding hydrogens is 362 g/mol. The van der Waals surface area contributed by atoms with Gasteiger partial charge in [-0.3, -0.25) is 9.69 Å². The molecule has 0 unspecified atom stereocenters. The van der Waals surface area contributed by atoms with Crippen molar-refractivity contribution in [3.63, 3.8) is 0 Å². The van der Waals surface area contributed by atoms with Crippen LogP contribution in [-0.4, -0.2) is 29.9 Å². The van der Waals surface area contributed by atoms with Gasteiger partial charge in [0.1, 0.15) is 0 Å². The quantitative estimate of drug-likeness (QED) is 0.726. The molecule has 0 aromatic heterocycles. The molecule has 2 heterocycles. The molecule has 3 amide bonds. The van der Waals surface area contributed by atoms with Crippen molar-refractivity contribution >= 4 is 17.6 Å². The highest BCUT2D eigenvalue weighted by atomic mass is 16.2. The Hall–Kier alpha value is -3.60. The van der Waals surface area contributed by atoms with Gasteiger partial charge in [0.15, 0.2) is 0 Å². The SMILES string of the molecule is O=C(c1ccc(N2CCNC2=O)cc1)N1Cc2ccccc2-c2ccccc2C1. The summed E-state index contributed by atoms with van der Waals surface area (Å²) >= 11 is 0. The molecule has 1 saturated heterocycles. The Balaban J connectivity index is 1.45. The number of urea groups is 1. The summed E-state index contributed by atoms with van der Waals surface area (Å²) < 4.78 is 0. The van der Waals surface area contributed by atoms with Crippen molar-refractivity contribution in [2.24, 2.45) is 0 Å². The van der Waals surface area contributed by atoms with Crippen molar-refractivity contribution in [3.8, 4) is 11.1 Å². The molecule has 0 spiro atoms. The first-order chi connectivity index (χ1) is 14.2.